The van der Waals surface area contributed by atoms with E-state index in [0.29, 0.717) is 31.0 Å². The first kappa shape index (κ1) is 18.0. The fourth-order valence-electron chi connectivity index (χ4n) is 3.13. The van der Waals surface area contributed by atoms with Crippen LogP contribution >= 0.6 is 0 Å². The number of hydrogen-bond acceptors (Lipinski definition) is 5. The molecular formula is C19H23N5O2. The van der Waals surface area contributed by atoms with Gasteiger partial charge in [-0.25, -0.2) is 9.97 Å². The summed E-state index contributed by atoms with van der Waals surface area (Å²) < 4.78 is 0. The number of likely N-dealkylation sites (N-methyl/N-ethyl adjacent to an activating group) is 1. The van der Waals surface area contributed by atoms with E-state index in [9.17, 15) is 9.59 Å². The molecule has 7 nitrogen and oxygen atoms in total. The molecule has 1 aromatic carbocycles. The molecule has 2 aromatic rings. The molecule has 2 heterocycles. The minimum atomic E-state index is -0.536. The lowest BCUT2D eigenvalue weighted by molar-refractivity contribution is -0.127. The lowest BCUT2D eigenvalue weighted by Crippen LogP contribution is -2.60. The van der Waals surface area contributed by atoms with E-state index in [-0.39, 0.29) is 11.8 Å². The van der Waals surface area contributed by atoms with Crippen LogP contribution in [0.3, 0.4) is 0 Å². The molecule has 136 valence electrons. The second kappa shape index (κ2) is 8.05. The monoisotopic (exact) mass is 353 g/mol. The van der Waals surface area contributed by atoms with Crippen molar-refractivity contribution >= 4 is 11.8 Å². The van der Waals surface area contributed by atoms with Gasteiger partial charge in [-0.2, -0.15) is 0 Å². The zero-order chi connectivity index (χ0) is 18.5. The third-order valence-electron chi connectivity index (χ3n) is 4.55. The van der Waals surface area contributed by atoms with Gasteiger partial charge >= 0.3 is 0 Å². The van der Waals surface area contributed by atoms with Crippen molar-refractivity contribution in [3.05, 3.63) is 59.7 Å². The van der Waals surface area contributed by atoms with E-state index < -0.39 is 6.04 Å². The van der Waals surface area contributed by atoms with Crippen LogP contribution in [0.25, 0.3) is 0 Å². The molecule has 1 fully saturated rings. The van der Waals surface area contributed by atoms with E-state index >= 15 is 0 Å². The molecule has 26 heavy (non-hydrogen) atoms. The Kier molecular flexibility index (Phi) is 5.58. The van der Waals surface area contributed by atoms with Crippen molar-refractivity contribution in [2.75, 3.05) is 26.7 Å². The Morgan fingerprint density at radius 3 is 2.50 bits per heavy atom. The van der Waals surface area contributed by atoms with E-state index in [1.54, 1.807) is 18.9 Å². The van der Waals surface area contributed by atoms with Gasteiger partial charge in [-0.3, -0.25) is 14.5 Å². The molecule has 2 amide bonds. The van der Waals surface area contributed by atoms with Crippen LogP contribution in [0.1, 0.15) is 21.7 Å². The van der Waals surface area contributed by atoms with Gasteiger partial charge in [0.25, 0.3) is 5.91 Å². The number of hydrogen-bond donors (Lipinski definition) is 1. The highest BCUT2D eigenvalue weighted by Crippen LogP contribution is 2.16. The first-order valence-electron chi connectivity index (χ1n) is 8.66. The van der Waals surface area contributed by atoms with Crippen LogP contribution in [0.15, 0.2) is 42.7 Å². The third kappa shape index (κ3) is 4.05. The van der Waals surface area contributed by atoms with Crippen molar-refractivity contribution in [2.45, 2.75) is 19.5 Å². The number of aromatic nitrogens is 2. The topological polar surface area (TPSA) is 78.4 Å². The maximum Gasteiger partial charge on any atom is 0.257 e. The maximum atomic E-state index is 12.9. The SMILES string of the molecule is CNC(=O)C1CN(Cc2ccccc2)CCN1C(=O)c1cnc(C)nc1. The number of aryl methyl sites for hydroxylation is 1. The summed E-state index contributed by atoms with van der Waals surface area (Å²) in [7, 11) is 1.59. The van der Waals surface area contributed by atoms with Gasteiger partial charge < -0.3 is 10.2 Å². The second-order valence-corrected chi connectivity index (χ2v) is 6.37. The van der Waals surface area contributed by atoms with E-state index in [0.717, 1.165) is 6.54 Å². The smallest absolute Gasteiger partial charge is 0.257 e. The lowest BCUT2D eigenvalue weighted by atomic mass is 10.1. The number of nitrogens with one attached hydrogen (secondary N) is 1. The number of rotatable bonds is 4. The van der Waals surface area contributed by atoms with Crippen molar-refractivity contribution in [3.63, 3.8) is 0 Å². The van der Waals surface area contributed by atoms with Gasteiger partial charge in [-0.1, -0.05) is 30.3 Å². The fourth-order valence-corrected chi connectivity index (χ4v) is 3.13. The number of carbonyl (C=O) groups excluding carboxylic acids is 2. The summed E-state index contributed by atoms with van der Waals surface area (Å²) in [4.78, 5) is 37.2. The minimum Gasteiger partial charge on any atom is -0.357 e. The van der Waals surface area contributed by atoms with Gasteiger partial charge in [-0.05, 0) is 12.5 Å². The number of benzene rings is 1. The highest BCUT2D eigenvalue weighted by molar-refractivity contribution is 5.97. The molecule has 7 heteroatoms. The maximum absolute atomic E-state index is 12.9. The van der Waals surface area contributed by atoms with E-state index in [4.69, 9.17) is 0 Å². The Morgan fingerprint density at radius 1 is 1.15 bits per heavy atom. The molecule has 1 unspecified atom stereocenters. The fraction of sp³-hybridized carbons (Fsp3) is 0.368. The summed E-state index contributed by atoms with van der Waals surface area (Å²) in [5.74, 6) is 0.235. The lowest BCUT2D eigenvalue weighted by Gasteiger charge is -2.40. The van der Waals surface area contributed by atoms with Gasteiger partial charge in [0.15, 0.2) is 0 Å². The van der Waals surface area contributed by atoms with Crippen molar-refractivity contribution in [2.24, 2.45) is 0 Å². The Hall–Kier alpha value is -2.80. The molecule has 0 bridgehead atoms. The standard InChI is InChI=1S/C19H23N5O2/c1-14-21-10-16(11-22-14)19(26)24-9-8-23(13-17(24)18(25)20-2)12-15-6-4-3-5-7-15/h3-7,10-11,17H,8-9,12-13H2,1-2H3,(H,20,25). The number of carbonyl (C=O) groups is 2. The van der Waals surface area contributed by atoms with Crippen molar-refractivity contribution < 1.29 is 9.59 Å². The molecule has 1 aliphatic rings. The predicted octanol–water partition coefficient (Wildman–Crippen LogP) is 0.858. The van der Waals surface area contributed by atoms with Crippen LogP contribution in [0.4, 0.5) is 0 Å². The highest BCUT2D eigenvalue weighted by atomic mass is 16.2. The average Bonchev–Trinajstić information content (AvgIpc) is 2.68. The van der Waals surface area contributed by atoms with Crippen LogP contribution in [0.5, 0.6) is 0 Å². The van der Waals surface area contributed by atoms with Crippen molar-refractivity contribution in [1.29, 1.82) is 0 Å². The first-order valence-corrected chi connectivity index (χ1v) is 8.66. The van der Waals surface area contributed by atoms with Crippen molar-refractivity contribution in [3.8, 4) is 0 Å². The molecule has 0 spiro atoms. The van der Waals surface area contributed by atoms with Gasteiger partial charge in [0.2, 0.25) is 5.91 Å². The summed E-state index contributed by atoms with van der Waals surface area (Å²) in [6, 6.07) is 9.58. The molecule has 0 radical (unpaired) electrons. The van der Waals surface area contributed by atoms with Crippen molar-refractivity contribution in [1.82, 2.24) is 25.1 Å². The van der Waals surface area contributed by atoms with Crippen LogP contribution in [0, 0.1) is 6.92 Å². The normalized spacial score (nSPS) is 17.8. The predicted molar refractivity (Wildman–Crippen MR) is 97.4 cm³/mol. The molecule has 0 aliphatic carbocycles. The summed E-state index contributed by atoms with van der Waals surface area (Å²) in [5, 5.41) is 2.67. The van der Waals surface area contributed by atoms with E-state index in [1.165, 1.54) is 18.0 Å². The Labute approximate surface area is 153 Å². The Balaban J connectivity index is 1.75. The molecule has 3 rings (SSSR count). The van der Waals surface area contributed by atoms with Gasteiger partial charge in [0, 0.05) is 45.6 Å². The highest BCUT2D eigenvalue weighted by Gasteiger charge is 2.35. The summed E-state index contributed by atoms with van der Waals surface area (Å²) in [6.45, 7) is 4.21. The Bertz CT molecular complexity index is 763. The molecule has 1 saturated heterocycles. The Morgan fingerprint density at radius 2 is 1.85 bits per heavy atom. The van der Waals surface area contributed by atoms with E-state index in [2.05, 4.69) is 32.3 Å². The summed E-state index contributed by atoms with van der Waals surface area (Å²) in [6.07, 6.45) is 3.03. The average molecular weight is 353 g/mol. The quantitative estimate of drug-likeness (QED) is 0.882. The van der Waals surface area contributed by atoms with Crippen LogP contribution in [-0.2, 0) is 11.3 Å². The third-order valence-corrected chi connectivity index (χ3v) is 4.55. The molecule has 1 aromatic heterocycles. The molecule has 1 atom stereocenters. The van der Waals surface area contributed by atoms with Gasteiger partial charge in [0.05, 0.1) is 5.56 Å². The molecule has 1 aliphatic heterocycles. The number of piperazine rings is 1. The molecular weight excluding hydrogens is 330 g/mol. The summed E-state index contributed by atoms with van der Waals surface area (Å²) >= 11 is 0. The number of amides is 2. The zero-order valence-electron chi connectivity index (χ0n) is 15.1. The van der Waals surface area contributed by atoms with Gasteiger partial charge in [-0.15, -0.1) is 0 Å². The molecule has 1 N–H and O–H groups in total. The number of nitrogens with zero attached hydrogens (tertiary/aromatic N) is 4. The zero-order valence-corrected chi connectivity index (χ0v) is 15.1. The molecule has 0 saturated carbocycles. The second-order valence-electron chi connectivity index (χ2n) is 6.37. The van der Waals surface area contributed by atoms with Gasteiger partial charge in [0.1, 0.15) is 11.9 Å². The van der Waals surface area contributed by atoms with Crippen LogP contribution in [-0.4, -0.2) is 64.3 Å². The van der Waals surface area contributed by atoms with Crippen LogP contribution < -0.4 is 5.32 Å². The largest absolute Gasteiger partial charge is 0.357 e. The minimum absolute atomic E-state index is 0.163. The van der Waals surface area contributed by atoms with Crippen LogP contribution in [0.2, 0.25) is 0 Å². The summed E-state index contributed by atoms with van der Waals surface area (Å²) in [5.41, 5.74) is 1.59. The first-order chi connectivity index (χ1) is 12.6. The van der Waals surface area contributed by atoms with E-state index in [1.807, 2.05) is 18.2 Å².